The number of nitrogens with one attached hydrogen (secondary N) is 4. The molecule has 0 radical (unpaired) electrons. The number of aliphatic hydroxyl groups is 1. The highest BCUT2D eigenvalue weighted by molar-refractivity contribution is 6.33. The van der Waals surface area contributed by atoms with Gasteiger partial charge in [-0.2, -0.15) is 13.2 Å². The van der Waals surface area contributed by atoms with Gasteiger partial charge in [-0.1, -0.05) is 37.0 Å². The van der Waals surface area contributed by atoms with Gasteiger partial charge in [0.15, 0.2) is 0 Å². The first kappa shape index (κ1) is 52.1. The zero-order valence-corrected chi connectivity index (χ0v) is 37.3. The highest BCUT2D eigenvalue weighted by Crippen LogP contribution is 2.34. The molecule has 1 aromatic carbocycles. The summed E-state index contributed by atoms with van der Waals surface area (Å²) >= 11 is 12.7. The second-order valence-corrected chi connectivity index (χ2v) is 17.1. The number of rotatable bonds is 12. The van der Waals surface area contributed by atoms with Crippen molar-refractivity contribution in [2.45, 2.75) is 127 Å². The van der Waals surface area contributed by atoms with Crippen molar-refractivity contribution in [3.8, 4) is 0 Å². The van der Waals surface area contributed by atoms with E-state index in [2.05, 4.69) is 21.3 Å². The van der Waals surface area contributed by atoms with Gasteiger partial charge in [0, 0.05) is 57.2 Å². The largest absolute Gasteiger partial charge is 0.426 e. The molecule has 3 rings (SSSR count). The van der Waals surface area contributed by atoms with Crippen LogP contribution in [-0.4, -0.2) is 156 Å². The lowest BCUT2D eigenvalue weighted by molar-refractivity contribution is -0.250. The second kappa shape index (κ2) is 22.4. The van der Waals surface area contributed by atoms with E-state index >= 15 is 0 Å². The average Bonchev–Trinajstić information content (AvgIpc) is 3.59. The van der Waals surface area contributed by atoms with Crippen molar-refractivity contribution in [3.63, 3.8) is 0 Å². The minimum atomic E-state index is -5.45. The third kappa shape index (κ3) is 13.4. The number of alkyl halides is 4. The van der Waals surface area contributed by atoms with Gasteiger partial charge < -0.3 is 45.8 Å². The SMILES string of the molecule is COCC[C@H](NC(=O)[C@@H]1C[C@@H](F)CN1C(=O)[C@@](C)(O)C(F)(F)F)C(=O)N(C)[C@H]1CCCCNC(=O)[C@@H](C)NC(=O)[C@H](Cc2cc(Cl)ccc2Cl)N(C)C(=O)[C@H](CC(C)C)NC1=O. The Balaban J connectivity index is 1.99. The summed E-state index contributed by atoms with van der Waals surface area (Å²) in [4.78, 5) is 98.8. The summed E-state index contributed by atoms with van der Waals surface area (Å²) in [6.45, 7) is 4.32. The Morgan fingerprint density at radius 1 is 1.06 bits per heavy atom. The van der Waals surface area contributed by atoms with E-state index in [-0.39, 0.29) is 68.0 Å². The van der Waals surface area contributed by atoms with E-state index in [4.69, 9.17) is 27.9 Å². The van der Waals surface area contributed by atoms with Crippen LogP contribution < -0.4 is 21.3 Å². The highest BCUT2D eigenvalue weighted by Gasteiger charge is 2.59. The number of methoxy groups -OCH3 is 1. The lowest BCUT2D eigenvalue weighted by atomic mass is 9.98. The van der Waals surface area contributed by atoms with Gasteiger partial charge in [-0.05, 0) is 75.6 Å². The number of nitrogens with zero attached hydrogens (tertiary/aromatic N) is 3. The number of carbonyl (C=O) groups is 7. The summed E-state index contributed by atoms with van der Waals surface area (Å²) in [7, 11) is 3.93. The first-order chi connectivity index (χ1) is 28.8. The van der Waals surface area contributed by atoms with E-state index in [1.54, 1.807) is 19.9 Å². The van der Waals surface area contributed by atoms with E-state index < -0.39 is 109 Å². The van der Waals surface area contributed by atoms with Crippen LogP contribution in [0.1, 0.15) is 71.8 Å². The van der Waals surface area contributed by atoms with Gasteiger partial charge in [0.2, 0.25) is 41.0 Å². The van der Waals surface area contributed by atoms with Crippen LogP contribution in [0.3, 0.4) is 0 Å². The third-order valence-corrected chi connectivity index (χ3v) is 11.5. The van der Waals surface area contributed by atoms with Gasteiger partial charge in [-0.25, -0.2) is 4.39 Å². The minimum absolute atomic E-state index is 0.0174. The van der Waals surface area contributed by atoms with Crippen LogP contribution in [0.5, 0.6) is 0 Å². The molecule has 0 spiro atoms. The summed E-state index contributed by atoms with van der Waals surface area (Å²) < 4.78 is 60.5. The molecule has 0 bridgehead atoms. The van der Waals surface area contributed by atoms with E-state index in [1.165, 1.54) is 40.3 Å². The van der Waals surface area contributed by atoms with Crippen LogP contribution in [0.4, 0.5) is 17.6 Å². The van der Waals surface area contributed by atoms with Crippen molar-refractivity contribution in [2.24, 2.45) is 5.92 Å². The standard InChI is InChI=1S/C40H57Cl2F4N7O9/c1-21(2)16-28-37(59)52(6)30(18-23-17-24(41)11-12-26(23)42)34(56)48-22(3)32(54)47-14-9-8-10-29(33(55)50-28)51(5)36(58)27(13-15-62-7)49-35(57)31-19-25(43)20-53(31)38(60)39(4,61)40(44,45)46/h11-12,17,21-22,25,27-31,61H,8-10,13-16,18-20H2,1-7H3,(H,47,54)(H,48,56)(H,49,57)(H,50,55)/t22-,25-,27+,28+,29+,30+,31+,39-/m1/s1. The monoisotopic (exact) mass is 925 g/mol. The molecule has 0 saturated carbocycles. The summed E-state index contributed by atoms with van der Waals surface area (Å²) in [5.41, 5.74) is -3.52. The molecule has 22 heteroatoms. The number of ether oxygens (including phenoxy) is 1. The maximum atomic E-state index is 14.6. The maximum absolute atomic E-state index is 14.6. The predicted molar refractivity (Wildman–Crippen MR) is 219 cm³/mol. The van der Waals surface area contributed by atoms with Crippen molar-refractivity contribution >= 4 is 64.6 Å². The number of likely N-dealkylation sites (tertiary alicyclic amines) is 1. The molecular weight excluding hydrogens is 869 g/mol. The van der Waals surface area contributed by atoms with Crippen molar-refractivity contribution in [1.82, 2.24) is 36.0 Å². The molecule has 8 atom stereocenters. The van der Waals surface area contributed by atoms with Gasteiger partial charge in [0.05, 0.1) is 6.54 Å². The number of halogens is 6. The lowest BCUT2D eigenvalue weighted by Gasteiger charge is -2.35. The highest BCUT2D eigenvalue weighted by atomic mass is 35.5. The summed E-state index contributed by atoms with van der Waals surface area (Å²) in [5, 5.41) is 21.1. The summed E-state index contributed by atoms with van der Waals surface area (Å²) in [6.07, 6.45) is -7.85. The number of hydrogen-bond acceptors (Lipinski definition) is 9. The number of likely N-dealkylation sites (N-methyl/N-ethyl adjacent to an activating group) is 2. The molecule has 348 valence electrons. The van der Waals surface area contributed by atoms with E-state index in [1.807, 2.05) is 0 Å². The number of hydrogen-bond donors (Lipinski definition) is 5. The second-order valence-electron chi connectivity index (χ2n) is 16.3. The number of amides is 7. The van der Waals surface area contributed by atoms with Gasteiger partial charge in [-0.15, -0.1) is 0 Å². The van der Waals surface area contributed by atoms with Crippen LogP contribution in [0.25, 0.3) is 0 Å². The Kier molecular flexibility index (Phi) is 18.8. The third-order valence-electron chi connectivity index (χ3n) is 10.9. The van der Waals surface area contributed by atoms with Crippen molar-refractivity contribution < 1.29 is 61.0 Å². The fraction of sp³-hybridized carbons (Fsp3) is 0.675. The Labute approximate surface area is 368 Å². The molecule has 2 aliphatic rings. The van der Waals surface area contributed by atoms with Gasteiger partial charge in [-0.3, -0.25) is 33.6 Å². The maximum Gasteiger partial charge on any atom is 0.426 e. The number of carbonyl (C=O) groups excluding carboxylic acids is 7. The normalized spacial score (nSPS) is 25.1. The first-order valence-electron chi connectivity index (χ1n) is 20.2. The fourth-order valence-corrected chi connectivity index (χ4v) is 7.59. The topological polar surface area (TPSA) is 207 Å². The quantitative estimate of drug-likeness (QED) is 0.195. The molecule has 0 aliphatic carbocycles. The molecule has 62 heavy (non-hydrogen) atoms. The Morgan fingerprint density at radius 2 is 1.73 bits per heavy atom. The van der Waals surface area contributed by atoms with E-state index in [0.29, 0.717) is 17.0 Å². The Hall–Kier alpha value is -4.27. The lowest BCUT2D eigenvalue weighted by Crippen LogP contribution is -2.61. The van der Waals surface area contributed by atoms with Crippen molar-refractivity contribution in [2.75, 3.05) is 40.9 Å². The molecular formula is C40H57Cl2F4N7O9. The Morgan fingerprint density at radius 3 is 2.34 bits per heavy atom. The average molecular weight is 927 g/mol. The van der Waals surface area contributed by atoms with Gasteiger partial charge >= 0.3 is 6.18 Å². The molecule has 5 N–H and O–H groups in total. The zero-order valence-electron chi connectivity index (χ0n) is 35.7. The first-order valence-corrected chi connectivity index (χ1v) is 21.0. The molecule has 2 heterocycles. The molecule has 2 aliphatic heterocycles. The molecule has 2 fully saturated rings. The van der Waals surface area contributed by atoms with E-state index in [9.17, 15) is 56.2 Å². The summed E-state index contributed by atoms with van der Waals surface area (Å²) in [6, 6.07) is -3.57. The van der Waals surface area contributed by atoms with Gasteiger partial charge in [0.25, 0.3) is 5.91 Å². The smallest absolute Gasteiger partial charge is 0.385 e. The molecule has 16 nitrogen and oxygen atoms in total. The van der Waals surface area contributed by atoms with Crippen molar-refractivity contribution in [3.05, 3.63) is 33.8 Å². The van der Waals surface area contributed by atoms with Crippen LogP contribution in [0.15, 0.2) is 18.2 Å². The predicted octanol–water partition coefficient (Wildman–Crippen LogP) is 2.30. The zero-order chi connectivity index (χ0) is 46.9. The van der Waals surface area contributed by atoms with Crippen LogP contribution >= 0.6 is 23.2 Å². The Bertz CT molecular complexity index is 1810. The molecule has 1 aromatic rings. The summed E-state index contributed by atoms with van der Waals surface area (Å²) in [5.74, 6) is -6.87. The molecule has 7 amide bonds. The molecule has 0 unspecified atom stereocenters. The van der Waals surface area contributed by atoms with Crippen LogP contribution in [0.2, 0.25) is 10.0 Å². The van der Waals surface area contributed by atoms with Crippen LogP contribution in [-0.2, 0) is 44.7 Å². The fourth-order valence-electron chi connectivity index (χ4n) is 7.20. The van der Waals surface area contributed by atoms with Crippen molar-refractivity contribution in [1.29, 1.82) is 0 Å². The molecule has 2 saturated heterocycles. The van der Waals surface area contributed by atoms with E-state index in [0.717, 1.165) is 9.80 Å². The van der Waals surface area contributed by atoms with Crippen LogP contribution in [0, 0.1) is 5.92 Å². The van der Waals surface area contributed by atoms with Gasteiger partial charge in [0.1, 0.15) is 42.4 Å². The number of benzene rings is 1. The molecule has 0 aromatic heterocycles. The minimum Gasteiger partial charge on any atom is -0.385 e.